The summed E-state index contributed by atoms with van der Waals surface area (Å²) in [6, 6.07) is 2.22. The molecule has 9 heavy (non-hydrogen) atoms. The Morgan fingerprint density at radius 2 is 2.22 bits per heavy atom. The third kappa shape index (κ3) is 4.67. The van der Waals surface area contributed by atoms with Gasteiger partial charge in [-0.1, -0.05) is 45.2 Å². The molecule has 0 N–H and O–H groups in total. The molecule has 0 aliphatic heterocycles. The van der Waals surface area contributed by atoms with Crippen LogP contribution in [0.4, 0.5) is 0 Å². The first-order valence-electron chi connectivity index (χ1n) is 2.39. The third-order valence-corrected chi connectivity index (χ3v) is 5.74. The predicted octanol–water partition coefficient (Wildman–Crippen LogP) is 2.48. The zero-order valence-electron chi connectivity index (χ0n) is 4.97. The minimum absolute atomic E-state index is 0.163. The van der Waals surface area contributed by atoms with E-state index in [-0.39, 0.29) is 3.92 Å². The van der Waals surface area contributed by atoms with E-state index in [1.165, 1.54) is 0 Å². The van der Waals surface area contributed by atoms with Crippen molar-refractivity contribution in [3.63, 3.8) is 0 Å². The average Bonchev–Trinajstić information content (AvgIpc) is 1.87. The molecule has 0 saturated carbocycles. The van der Waals surface area contributed by atoms with E-state index in [0.29, 0.717) is 3.92 Å². The van der Waals surface area contributed by atoms with Crippen LogP contribution in [0, 0.1) is 11.3 Å². The smallest absolute Gasteiger partial charge is 0.110 e. The topological polar surface area (TPSA) is 23.8 Å². The first-order chi connectivity index (χ1) is 4.22. The Kier molecular flexibility index (Phi) is 6.91. The van der Waals surface area contributed by atoms with Crippen LogP contribution in [0.5, 0.6) is 0 Å². The van der Waals surface area contributed by atoms with Gasteiger partial charge < -0.3 is 0 Å². The van der Waals surface area contributed by atoms with Gasteiger partial charge in [0.15, 0.2) is 0 Å². The molecule has 0 aromatic heterocycles. The van der Waals surface area contributed by atoms with Crippen molar-refractivity contribution in [1.82, 2.24) is 0 Å². The summed E-state index contributed by atoms with van der Waals surface area (Å²) in [5, 5.41) is 8.46. The Labute approximate surface area is 87.2 Å². The molecule has 0 radical (unpaired) electrons. The second-order valence-electron chi connectivity index (χ2n) is 1.50. The predicted molar refractivity (Wildman–Crippen MR) is 59.6 cm³/mol. The summed E-state index contributed by atoms with van der Waals surface area (Å²) in [5.41, 5.74) is 0. The van der Waals surface area contributed by atoms with Gasteiger partial charge in [0.2, 0.25) is 0 Å². The summed E-state index contributed by atoms with van der Waals surface area (Å²) in [5.74, 6) is 1.07. The van der Waals surface area contributed by atoms with Gasteiger partial charge in [-0.15, -0.1) is 0 Å². The molecule has 4 heteroatoms. The van der Waals surface area contributed by atoms with Crippen LogP contribution >= 0.6 is 56.9 Å². The molecule has 0 aromatic rings. The van der Waals surface area contributed by atoms with Gasteiger partial charge in [0.25, 0.3) is 0 Å². The standard InChI is InChI=1S/C5H7I2NS/c1-9-3-5(7)4(6)2-8/h4-5H,3H2,1H3. The lowest BCUT2D eigenvalue weighted by molar-refractivity contribution is 1.09. The van der Waals surface area contributed by atoms with Crippen LogP contribution in [0.3, 0.4) is 0 Å². The average molecular weight is 367 g/mol. The zero-order valence-corrected chi connectivity index (χ0v) is 10.1. The van der Waals surface area contributed by atoms with E-state index in [1.54, 1.807) is 11.8 Å². The van der Waals surface area contributed by atoms with E-state index in [9.17, 15) is 0 Å². The molecule has 1 nitrogen and oxygen atoms in total. The molecular weight excluding hydrogens is 360 g/mol. The lowest BCUT2D eigenvalue weighted by Crippen LogP contribution is -2.13. The summed E-state index contributed by atoms with van der Waals surface area (Å²) < 4.78 is 0.652. The minimum Gasteiger partial charge on any atom is -0.197 e. The fourth-order valence-electron chi connectivity index (χ4n) is 0.325. The second-order valence-corrected chi connectivity index (χ2v) is 5.35. The SMILES string of the molecule is CSCC(I)C(I)C#N. The molecule has 0 amide bonds. The fraction of sp³-hybridized carbons (Fsp3) is 0.800. The number of alkyl halides is 2. The van der Waals surface area contributed by atoms with Crippen molar-refractivity contribution in [2.75, 3.05) is 12.0 Å². The van der Waals surface area contributed by atoms with Gasteiger partial charge in [-0.2, -0.15) is 17.0 Å². The van der Waals surface area contributed by atoms with Crippen LogP contribution < -0.4 is 0 Å². The fourth-order valence-corrected chi connectivity index (χ4v) is 2.67. The van der Waals surface area contributed by atoms with Crippen molar-refractivity contribution >= 4 is 56.9 Å². The second kappa shape index (κ2) is 6.04. The quantitative estimate of drug-likeness (QED) is 0.566. The van der Waals surface area contributed by atoms with Crippen LogP contribution in [0.1, 0.15) is 0 Å². The van der Waals surface area contributed by atoms with Crippen molar-refractivity contribution in [3.8, 4) is 6.07 Å². The van der Waals surface area contributed by atoms with E-state index in [1.807, 2.05) is 0 Å². The largest absolute Gasteiger partial charge is 0.197 e. The van der Waals surface area contributed by atoms with Crippen LogP contribution in [-0.4, -0.2) is 19.9 Å². The molecule has 2 atom stereocenters. The highest BCUT2D eigenvalue weighted by Gasteiger charge is 2.12. The molecule has 0 spiro atoms. The Hall–Kier alpha value is 1.30. The molecule has 52 valence electrons. The maximum absolute atomic E-state index is 8.46. The van der Waals surface area contributed by atoms with E-state index >= 15 is 0 Å². The summed E-state index contributed by atoms with van der Waals surface area (Å²) >= 11 is 6.28. The summed E-state index contributed by atoms with van der Waals surface area (Å²) in [4.78, 5) is 0. The van der Waals surface area contributed by atoms with Crippen LogP contribution in [0.25, 0.3) is 0 Å². The van der Waals surface area contributed by atoms with Crippen LogP contribution in [0.15, 0.2) is 0 Å². The van der Waals surface area contributed by atoms with Gasteiger partial charge in [0.05, 0.1) is 6.07 Å². The van der Waals surface area contributed by atoms with Crippen LogP contribution in [0.2, 0.25) is 0 Å². The molecule has 2 unspecified atom stereocenters. The molecule has 0 aromatic carbocycles. The highest BCUT2D eigenvalue weighted by Crippen LogP contribution is 2.17. The molecule has 0 fully saturated rings. The Bertz CT molecular complexity index is 112. The lowest BCUT2D eigenvalue weighted by atomic mass is 10.4. The van der Waals surface area contributed by atoms with Gasteiger partial charge in [0.1, 0.15) is 3.92 Å². The minimum atomic E-state index is 0.163. The molecule has 0 heterocycles. The number of nitriles is 1. The molecule has 0 bridgehead atoms. The van der Waals surface area contributed by atoms with Gasteiger partial charge in [0, 0.05) is 9.68 Å². The van der Waals surface area contributed by atoms with E-state index in [0.717, 1.165) is 5.75 Å². The Balaban J connectivity index is 3.48. The molecule has 0 saturated heterocycles. The van der Waals surface area contributed by atoms with Crippen molar-refractivity contribution in [2.24, 2.45) is 0 Å². The molecular formula is C5H7I2NS. The van der Waals surface area contributed by atoms with E-state index in [2.05, 4.69) is 57.5 Å². The molecule has 0 rings (SSSR count). The van der Waals surface area contributed by atoms with Crippen molar-refractivity contribution in [1.29, 1.82) is 5.26 Å². The van der Waals surface area contributed by atoms with Crippen LogP contribution in [-0.2, 0) is 0 Å². The lowest BCUT2D eigenvalue weighted by Gasteiger charge is -2.06. The van der Waals surface area contributed by atoms with E-state index in [4.69, 9.17) is 5.26 Å². The van der Waals surface area contributed by atoms with Gasteiger partial charge in [-0.3, -0.25) is 0 Å². The molecule has 0 aliphatic carbocycles. The number of rotatable bonds is 3. The maximum atomic E-state index is 8.46. The number of nitrogens with zero attached hydrogens (tertiary/aromatic N) is 1. The summed E-state index contributed by atoms with van der Waals surface area (Å²) in [6.45, 7) is 0. The first kappa shape index (κ1) is 10.3. The van der Waals surface area contributed by atoms with E-state index < -0.39 is 0 Å². The maximum Gasteiger partial charge on any atom is 0.110 e. The highest BCUT2D eigenvalue weighted by molar-refractivity contribution is 14.1. The number of hydrogen-bond acceptors (Lipinski definition) is 2. The van der Waals surface area contributed by atoms with Gasteiger partial charge >= 0.3 is 0 Å². The third-order valence-electron chi connectivity index (χ3n) is 0.767. The van der Waals surface area contributed by atoms with Gasteiger partial charge in [-0.05, 0) is 6.26 Å². The summed E-state index contributed by atoms with van der Waals surface area (Å²) in [6.07, 6.45) is 2.06. The number of hydrogen-bond donors (Lipinski definition) is 0. The van der Waals surface area contributed by atoms with Crippen molar-refractivity contribution in [3.05, 3.63) is 0 Å². The Morgan fingerprint density at radius 3 is 2.56 bits per heavy atom. The Morgan fingerprint density at radius 1 is 1.67 bits per heavy atom. The highest BCUT2D eigenvalue weighted by atomic mass is 127. The number of thioether (sulfide) groups is 1. The normalized spacial score (nSPS) is 16.2. The molecule has 0 aliphatic rings. The van der Waals surface area contributed by atoms with Crippen molar-refractivity contribution < 1.29 is 0 Å². The zero-order chi connectivity index (χ0) is 7.28. The van der Waals surface area contributed by atoms with Gasteiger partial charge in [-0.25, -0.2) is 0 Å². The number of halogens is 2. The monoisotopic (exact) mass is 367 g/mol. The first-order valence-corrected chi connectivity index (χ1v) is 6.27. The van der Waals surface area contributed by atoms with Crippen molar-refractivity contribution in [2.45, 2.75) is 7.85 Å². The summed E-state index contributed by atoms with van der Waals surface area (Å²) in [7, 11) is 0.